The molecule has 0 spiro atoms. The summed E-state index contributed by atoms with van der Waals surface area (Å²) in [6.45, 7) is 2.60. The Labute approximate surface area is 99.3 Å². The predicted octanol–water partition coefficient (Wildman–Crippen LogP) is 1.25. The number of pyridine rings is 1. The van der Waals surface area contributed by atoms with Gasteiger partial charge in [-0.3, -0.25) is 4.79 Å². The summed E-state index contributed by atoms with van der Waals surface area (Å²) in [4.78, 5) is 16.9. The van der Waals surface area contributed by atoms with Gasteiger partial charge < -0.3 is 10.0 Å². The number of carboxylic acids is 1. The van der Waals surface area contributed by atoms with Crippen LogP contribution in [0.4, 0.5) is 5.69 Å². The van der Waals surface area contributed by atoms with E-state index in [4.69, 9.17) is 10.4 Å². The van der Waals surface area contributed by atoms with Gasteiger partial charge in [0.15, 0.2) is 0 Å². The molecule has 1 aliphatic heterocycles. The average Bonchev–Trinajstić information content (AvgIpc) is 2.71. The fraction of sp³-hybridized carbons (Fsp3) is 0.417. The Kier molecular flexibility index (Phi) is 2.96. The van der Waals surface area contributed by atoms with Gasteiger partial charge in [0.2, 0.25) is 0 Å². The molecule has 2 rings (SSSR count). The van der Waals surface area contributed by atoms with Crippen LogP contribution in [-0.4, -0.2) is 28.6 Å². The Balaban J connectivity index is 2.24. The Hall–Kier alpha value is -2.09. The summed E-state index contributed by atoms with van der Waals surface area (Å²) in [5.41, 5.74) is 1.22. The van der Waals surface area contributed by atoms with Crippen LogP contribution in [0.5, 0.6) is 0 Å². The van der Waals surface area contributed by atoms with Crippen molar-refractivity contribution in [1.29, 1.82) is 5.26 Å². The smallest absolute Gasteiger partial charge is 0.308 e. The first-order chi connectivity index (χ1) is 8.13. The third kappa shape index (κ3) is 2.07. The Bertz CT molecular complexity index is 481. The van der Waals surface area contributed by atoms with Gasteiger partial charge in [-0.05, 0) is 25.5 Å². The highest BCUT2D eigenvalue weighted by atomic mass is 16.4. The molecule has 0 aromatic carbocycles. The van der Waals surface area contributed by atoms with Gasteiger partial charge in [0, 0.05) is 24.5 Å². The molecule has 1 N–H and O–H groups in total. The third-order valence-electron chi connectivity index (χ3n) is 3.26. The van der Waals surface area contributed by atoms with Gasteiger partial charge >= 0.3 is 5.97 Å². The van der Waals surface area contributed by atoms with Gasteiger partial charge in [0.1, 0.15) is 11.8 Å². The number of carboxylic acid groups (broad SMARTS) is 1. The highest BCUT2D eigenvalue weighted by Gasteiger charge is 2.35. The van der Waals surface area contributed by atoms with Crippen molar-refractivity contribution >= 4 is 11.7 Å². The summed E-state index contributed by atoms with van der Waals surface area (Å²) in [6, 6.07) is 5.43. The lowest BCUT2D eigenvalue weighted by Gasteiger charge is -2.25. The van der Waals surface area contributed by atoms with E-state index in [1.165, 1.54) is 0 Å². The molecule has 88 valence electrons. The fourth-order valence-electron chi connectivity index (χ4n) is 2.29. The van der Waals surface area contributed by atoms with Crippen LogP contribution in [0.3, 0.4) is 0 Å². The van der Waals surface area contributed by atoms with Gasteiger partial charge in [-0.25, -0.2) is 4.98 Å². The molecule has 0 amide bonds. The number of aliphatic carboxylic acids is 1. The minimum atomic E-state index is -0.755. The van der Waals surface area contributed by atoms with Crippen LogP contribution in [0.25, 0.3) is 0 Å². The Morgan fingerprint density at radius 3 is 3.06 bits per heavy atom. The zero-order valence-corrected chi connectivity index (χ0v) is 9.50. The van der Waals surface area contributed by atoms with E-state index in [1.807, 2.05) is 24.0 Å². The second-order valence-electron chi connectivity index (χ2n) is 4.18. The first-order valence-corrected chi connectivity index (χ1v) is 5.49. The molecule has 1 aromatic rings. The van der Waals surface area contributed by atoms with E-state index >= 15 is 0 Å². The van der Waals surface area contributed by atoms with Crippen LogP contribution < -0.4 is 4.90 Å². The Morgan fingerprint density at radius 2 is 2.47 bits per heavy atom. The van der Waals surface area contributed by atoms with E-state index in [0.29, 0.717) is 18.7 Å². The van der Waals surface area contributed by atoms with E-state index in [0.717, 1.165) is 5.69 Å². The number of rotatable bonds is 2. The maximum Gasteiger partial charge on any atom is 0.308 e. The van der Waals surface area contributed by atoms with Crippen LogP contribution in [0.1, 0.15) is 19.0 Å². The van der Waals surface area contributed by atoms with Gasteiger partial charge in [-0.1, -0.05) is 0 Å². The topological polar surface area (TPSA) is 77.2 Å². The van der Waals surface area contributed by atoms with Crippen LogP contribution >= 0.6 is 0 Å². The van der Waals surface area contributed by atoms with Gasteiger partial charge in [0.05, 0.1) is 5.92 Å². The molecule has 1 aliphatic rings. The van der Waals surface area contributed by atoms with E-state index in [9.17, 15) is 4.79 Å². The van der Waals surface area contributed by atoms with Crippen molar-refractivity contribution in [2.75, 3.05) is 11.4 Å². The zero-order chi connectivity index (χ0) is 12.4. The fourth-order valence-corrected chi connectivity index (χ4v) is 2.29. The summed E-state index contributed by atoms with van der Waals surface area (Å²) in [5, 5.41) is 17.8. The first-order valence-electron chi connectivity index (χ1n) is 5.49. The molecular formula is C12H13N3O2. The number of carbonyl (C=O) groups is 1. The minimum Gasteiger partial charge on any atom is -0.481 e. The molecule has 1 saturated heterocycles. The lowest BCUT2D eigenvalue weighted by molar-refractivity contribution is -0.141. The molecule has 0 radical (unpaired) electrons. The molecule has 2 unspecified atom stereocenters. The normalized spacial score (nSPS) is 23.4. The quantitative estimate of drug-likeness (QED) is 0.828. The third-order valence-corrected chi connectivity index (χ3v) is 3.26. The van der Waals surface area contributed by atoms with Crippen LogP contribution in [0.2, 0.25) is 0 Å². The molecule has 0 aliphatic carbocycles. The summed E-state index contributed by atoms with van der Waals surface area (Å²) in [6.07, 6.45) is 2.22. The lowest BCUT2D eigenvalue weighted by Crippen LogP contribution is -2.32. The standard InChI is InChI=1S/C12H13N3O2/c1-8-11(12(16)17)3-5-15(8)10-2-4-14-9(6-10)7-13/h2,4,6,8,11H,3,5H2,1H3,(H,16,17). The van der Waals surface area contributed by atoms with Crippen molar-refractivity contribution in [3.63, 3.8) is 0 Å². The number of nitrogens with zero attached hydrogens (tertiary/aromatic N) is 3. The minimum absolute atomic E-state index is 0.0542. The summed E-state index contributed by atoms with van der Waals surface area (Å²) < 4.78 is 0. The molecule has 0 saturated carbocycles. The van der Waals surface area contributed by atoms with E-state index in [-0.39, 0.29) is 12.0 Å². The largest absolute Gasteiger partial charge is 0.481 e. The zero-order valence-electron chi connectivity index (χ0n) is 9.50. The van der Waals surface area contributed by atoms with Crippen molar-refractivity contribution in [3.05, 3.63) is 24.0 Å². The summed E-state index contributed by atoms with van der Waals surface area (Å²) in [7, 11) is 0. The predicted molar refractivity (Wildman–Crippen MR) is 61.5 cm³/mol. The maximum absolute atomic E-state index is 11.0. The lowest BCUT2D eigenvalue weighted by atomic mass is 10.0. The monoisotopic (exact) mass is 231 g/mol. The van der Waals surface area contributed by atoms with E-state index < -0.39 is 5.97 Å². The number of nitriles is 1. The van der Waals surface area contributed by atoms with E-state index in [1.54, 1.807) is 12.3 Å². The van der Waals surface area contributed by atoms with Crippen molar-refractivity contribution in [2.24, 2.45) is 5.92 Å². The summed E-state index contributed by atoms with van der Waals surface area (Å²) in [5.74, 6) is -1.09. The van der Waals surface area contributed by atoms with Crippen LogP contribution in [0.15, 0.2) is 18.3 Å². The highest BCUT2D eigenvalue weighted by Crippen LogP contribution is 2.29. The maximum atomic E-state index is 11.0. The molecular weight excluding hydrogens is 218 g/mol. The molecule has 1 aromatic heterocycles. The molecule has 0 bridgehead atoms. The van der Waals surface area contributed by atoms with Crippen molar-refractivity contribution in [3.8, 4) is 6.07 Å². The van der Waals surface area contributed by atoms with Gasteiger partial charge in [-0.15, -0.1) is 0 Å². The molecule has 17 heavy (non-hydrogen) atoms. The molecule has 1 fully saturated rings. The molecule has 5 nitrogen and oxygen atoms in total. The number of hydrogen-bond donors (Lipinski definition) is 1. The second kappa shape index (κ2) is 4.42. The van der Waals surface area contributed by atoms with Crippen LogP contribution in [-0.2, 0) is 4.79 Å². The van der Waals surface area contributed by atoms with Crippen LogP contribution in [0, 0.1) is 17.2 Å². The summed E-state index contributed by atoms with van der Waals surface area (Å²) >= 11 is 0. The van der Waals surface area contributed by atoms with Gasteiger partial charge in [-0.2, -0.15) is 5.26 Å². The molecule has 2 heterocycles. The van der Waals surface area contributed by atoms with Gasteiger partial charge in [0.25, 0.3) is 0 Å². The van der Waals surface area contributed by atoms with Crippen molar-refractivity contribution < 1.29 is 9.90 Å². The number of aromatic nitrogens is 1. The van der Waals surface area contributed by atoms with E-state index in [2.05, 4.69) is 4.98 Å². The van der Waals surface area contributed by atoms with Crippen molar-refractivity contribution in [1.82, 2.24) is 4.98 Å². The first kappa shape index (κ1) is 11.4. The highest BCUT2D eigenvalue weighted by molar-refractivity contribution is 5.73. The number of hydrogen-bond acceptors (Lipinski definition) is 4. The van der Waals surface area contributed by atoms with Crippen molar-refractivity contribution in [2.45, 2.75) is 19.4 Å². The molecule has 5 heteroatoms. The second-order valence-corrected chi connectivity index (χ2v) is 4.18. The average molecular weight is 231 g/mol. The Morgan fingerprint density at radius 1 is 1.71 bits per heavy atom. The number of anilines is 1. The SMILES string of the molecule is CC1C(C(=O)O)CCN1c1ccnc(C#N)c1. The molecule has 2 atom stereocenters.